The van der Waals surface area contributed by atoms with Gasteiger partial charge in [0.15, 0.2) is 0 Å². The van der Waals surface area contributed by atoms with Crippen LogP contribution in [-0.4, -0.2) is 17.0 Å². The van der Waals surface area contributed by atoms with Crippen LogP contribution in [0.1, 0.15) is 6.92 Å². The molecule has 0 amide bonds. The molecular weight excluding hydrogens is 192 g/mol. The van der Waals surface area contributed by atoms with E-state index in [0.29, 0.717) is 5.75 Å². The van der Waals surface area contributed by atoms with Crippen molar-refractivity contribution in [2.75, 3.05) is 5.75 Å². The molecule has 0 radical (unpaired) electrons. The highest BCUT2D eigenvalue weighted by atomic mass is 35.5. The highest BCUT2D eigenvalue weighted by Gasteiger charge is 1.98. The maximum Gasteiger partial charge on any atom is 0.0606 e. The molecule has 1 aromatic carbocycles. The molecule has 12 heavy (non-hydrogen) atoms. The molecule has 66 valence electrons. The van der Waals surface area contributed by atoms with Crippen LogP contribution in [0.5, 0.6) is 0 Å². The molecule has 3 heteroatoms. The monoisotopic (exact) mass is 202 g/mol. The van der Waals surface area contributed by atoms with Crippen LogP contribution in [0.25, 0.3) is 0 Å². The van der Waals surface area contributed by atoms with E-state index >= 15 is 0 Å². The van der Waals surface area contributed by atoms with E-state index in [1.165, 1.54) is 0 Å². The van der Waals surface area contributed by atoms with Crippen molar-refractivity contribution in [3.05, 3.63) is 29.3 Å². The summed E-state index contributed by atoms with van der Waals surface area (Å²) in [5, 5.41) is 9.77. The van der Waals surface area contributed by atoms with E-state index in [9.17, 15) is 0 Å². The van der Waals surface area contributed by atoms with Gasteiger partial charge in [0.05, 0.1) is 6.10 Å². The van der Waals surface area contributed by atoms with E-state index < -0.39 is 0 Å². The van der Waals surface area contributed by atoms with Gasteiger partial charge in [0.2, 0.25) is 0 Å². The van der Waals surface area contributed by atoms with Crippen LogP contribution in [0.4, 0.5) is 0 Å². The lowest BCUT2D eigenvalue weighted by Crippen LogP contribution is -2.01. The van der Waals surface area contributed by atoms with Crippen molar-refractivity contribution in [1.29, 1.82) is 0 Å². The van der Waals surface area contributed by atoms with Gasteiger partial charge in [-0.25, -0.2) is 0 Å². The van der Waals surface area contributed by atoms with Crippen LogP contribution in [0.3, 0.4) is 0 Å². The van der Waals surface area contributed by atoms with Gasteiger partial charge in [-0.3, -0.25) is 0 Å². The Bertz CT molecular complexity index is 250. The molecule has 1 rings (SSSR count). The molecule has 1 aromatic rings. The topological polar surface area (TPSA) is 20.2 Å². The molecule has 0 saturated heterocycles. The van der Waals surface area contributed by atoms with Gasteiger partial charge in [-0.05, 0) is 25.1 Å². The summed E-state index contributed by atoms with van der Waals surface area (Å²) < 4.78 is 0. The summed E-state index contributed by atoms with van der Waals surface area (Å²) in [6, 6.07) is 7.63. The molecule has 0 spiro atoms. The molecule has 1 nitrogen and oxygen atoms in total. The van der Waals surface area contributed by atoms with Crippen molar-refractivity contribution in [2.24, 2.45) is 0 Å². The second kappa shape index (κ2) is 4.75. The maximum atomic E-state index is 9.03. The lowest BCUT2D eigenvalue weighted by Gasteiger charge is -2.03. The molecule has 0 aliphatic heterocycles. The third kappa shape index (κ3) is 3.48. The number of benzene rings is 1. The first-order valence-electron chi connectivity index (χ1n) is 3.75. The Hall–Kier alpha value is -0.180. The minimum Gasteiger partial charge on any atom is -0.393 e. The second-order valence-electron chi connectivity index (χ2n) is 2.62. The lowest BCUT2D eigenvalue weighted by molar-refractivity contribution is 0.220. The third-order valence-electron chi connectivity index (χ3n) is 1.29. The summed E-state index contributed by atoms with van der Waals surface area (Å²) in [6.07, 6.45) is -0.269. The average molecular weight is 203 g/mol. The van der Waals surface area contributed by atoms with Gasteiger partial charge >= 0.3 is 0 Å². The number of rotatable bonds is 3. The van der Waals surface area contributed by atoms with Crippen LogP contribution >= 0.6 is 23.4 Å². The average Bonchev–Trinajstić information content (AvgIpc) is 2.01. The van der Waals surface area contributed by atoms with E-state index in [1.807, 2.05) is 24.3 Å². The minimum absolute atomic E-state index is 0.269. The van der Waals surface area contributed by atoms with Crippen molar-refractivity contribution in [3.63, 3.8) is 0 Å². The van der Waals surface area contributed by atoms with Crippen LogP contribution in [0.2, 0.25) is 5.02 Å². The molecule has 0 fully saturated rings. The highest BCUT2D eigenvalue weighted by molar-refractivity contribution is 7.99. The van der Waals surface area contributed by atoms with Crippen LogP contribution in [0, 0.1) is 0 Å². The Morgan fingerprint density at radius 1 is 1.58 bits per heavy atom. The number of halogens is 1. The third-order valence-corrected chi connectivity index (χ3v) is 2.76. The van der Waals surface area contributed by atoms with E-state index in [0.717, 1.165) is 9.92 Å². The fourth-order valence-electron chi connectivity index (χ4n) is 0.774. The first-order chi connectivity index (χ1) is 5.68. The second-order valence-corrected chi connectivity index (χ2v) is 4.15. The van der Waals surface area contributed by atoms with E-state index in [-0.39, 0.29) is 6.10 Å². The van der Waals surface area contributed by atoms with E-state index in [2.05, 4.69) is 0 Å². The van der Waals surface area contributed by atoms with Gasteiger partial charge in [0.1, 0.15) is 0 Å². The molecule has 0 bridgehead atoms. The lowest BCUT2D eigenvalue weighted by atomic mass is 10.4. The molecule has 1 atom stereocenters. The Morgan fingerprint density at radius 2 is 2.33 bits per heavy atom. The summed E-state index contributed by atoms with van der Waals surface area (Å²) in [5.74, 6) is 0.709. The zero-order valence-corrected chi connectivity index (χ0v) is 8.40. The Kier molecular flexibility index (Phi) is 3.92. The van der Waals surface area contributed by atoms with Crippen LogP contribution in [-0.2, 0) is 0 Å². The summed E-state index contributed by atoms with van der Waals surface area (Å²) in [4.78, 5) is 1.10. The van der Waals surface area contributed by atoms with Gasteiger partial charge in [0, 0.05) is 15.7 Å². The molecular formula is C9H11ClOS. The summed E-state index contributed by atoms with van der Waals surface area (Å²) in [7, 11) is 0. The largest absolute Gasteiger partial charge is 0.393 e. The van der Waals surface area contributed by atoms with Crippen LogP contribution < -0.4 is 0 Å². The van der Waals surface area contributed by atoms with Gasteiger partial charge in [-0.2, -0.15) is 0 Å². The first kappa shape index (κ1) is 9.90. The molecule has 0 unspecified atom stereocenters. The standard InChI is InChI=1S/C9H11ClOS/c1-7(11)6-12-9-4-2-3-8(10)5-9/h2-5,7,11H,6H2,1H3/t7-/m0/s1. The number of aliphatic hydroxyl groups is 1. The zero-order valence-electron chi connectivity index (χ0n) is 6.83. The molecule has 0 saturated carbocycles. The number of thioether (sulfide) groups is 1. The maximum absolute atomic E-state index is 9.03. The predicted octanol–water partition coefficient (Wildman–Crippen LogP) is 2.81. The van der Waals surface area contributed by atoms with Gasteiger partial charge < -0.3 is 5.11 Å². The van der Waals surface area contributed by atoms with E-state index in [4.69, 9.17) is 16.7 Å². The van der Waals surface area contributed by atoms with Crippen molar-refractivity contribution in [2.45, 2.75) is 17.9 Å². The summed E-state index contributed by atoms with van der Waals surface area (Å²) in [6.45, 7) is 1.78. The van der Waals surface area contributed by atoms with Crippen LogP contribution in [0.15, 0.2) is 29.2 Å². The van der Waals surface area contributed by atoms with Gasteiger partial charge in [-0.15, -0.1) is 11.8 Å². The fraction of sp³-hybridized carbons (Fsp3) is 0.333. The minimum atomic E-state index is -0.269. The fourth-order valence-corrected chi connectivity index (χ4v) is 1.85. The van der Waals surface area contributed by atoms with Crippen molar-refractivity contribution in [3.8, 4) is 0 Å². The number of hydrogen-bond acceptors (Lipinski definition) is 2. The molecule has 0 heterocycles. The summed E-state index contributed by atoms with van der Waals surface area (Å²) in [5.41, 5.74) is 0. The Morgan fingerprint density at radius 3 is 2.92 bits per heavy atom. The Balaban J connectivity index is 2.52. The highest BCUT2D eigenvalue weighted by Crippen LogP contribution is 2.21. The predicted molar refractivity (Wildman–Crippen MR) is 53.9 cm³/mol. The normalized spacial score (nSPS) is 12.9. The van der Waals surface area contributed by atoms with Crippen molar-refractivity contribution >= 4 is 23.4 Å². The first-order valence-corrected chi connectivity index (χ1v) is 5.11. The molecule has 0 aliphatic rings. The van der Waals surface area contributed by atoms with Crippen molar-refractivity contribution in [1.82, 2.24) is 0 Å². The Labute approximate surface area is 81.7 Å². The molecule has 0 aliphatic carbocycles. The number of hydrogen-bond donors (Lipinski definition) is 1. The molecule has 0 aromatic heterocycles. The van der Waals surface area contributed by atoms with Crippen molar-refractivity contribution < 1.29 is 5.11 Å². The molecule has 1 N–H and O–H groups in total. The number of aliphatic hydroxyl groups excluding tert-OH is 1. The van der Waals surface area contributed by atoms with Gasteiger partial charge in [-0.1, -0.05) is 17.7 Å². The SMILES string of the molecule is C[C@H](O)CSc1cccc(Cl)c1. The van der Waals surface area contributed by atoms with E-state index in [1.54, 1.807) is 18.7 Å². The zero-order chi connectivity index (χ0) is 8.97. The smallest absolute Gasteiger partial charge is 0.0606 e. The quantitative estimate of drug-likeness (QED) is 0.761. The van der Waals surface area contributed by atoms with Gasteiger partial charge in [0.25, 0.3) is 0 Å². The summed E-state index contributed by atoms with van der Waals surface area (Å²) >= 11 is 7.39.